The average Bonchev–Trinajstić information content (AvgIpc) is 3.02. The zero-order chi connectivity index (χ0) is 21.7. The minimum Gasteiger partial charge on any atom is -0.872 e. The van der Waals surface area contributed by atoms with Crippen molar-refractivity contribution in [2.45, 2.75) is 26.3 Å². The Balaban J connectivity index is 2.00. The van der Waals surface area contributed by atoms with Crippen LogP contribution in [0.3, 0.4) is 0 Å². The summed E-state index contributed by atoms with van der Waals surface area (Å²) >= 11 is 6.03. The van der Waals surface area contributed by atoms with E-state index in [1.807, 2.05) is 0 Å². The minimum atomic E-state index is -0.730. The predicted octanol–water partition coefficient (Wildman–Crippen LogP) is 1.27. The number of Topliss-reactive ketones (excluding diaryl/α,β-unsaturated/α-hetero) is 1. The first-order valence-electron chi connectivity index (χ1n) is 10.2. The lowest BCUT2D eigenvalue weighted by Crippen LogP contribution is -3.11. The summed E-state index contributed by atoms with van der Waals surface area (Å²) in [7, 11) is 0. The number of hydrogen-bond acceptors (Lipinski definition) is 4. The highest BCUT2D eigenvalue weighted by molar-refractivity contribution is 6.46. The third-order valence-electron chi connectivity index (χ3n) is 5.59. The molecule has 0 spiro atoms. The summed E-state index contributed by atoms with van der Waals surface area (Å²) in [4.78, 5) is 32.6. The third kappa shape index (κ3) is 4.55. The summed E-state index contributed by atoms with van der Waals surface area (Å²) < 4.78 is 0. The summed E-state index contributed by atoms with van der Waals surface area (Å²) in [5.41, 5.74) is 1.03. The number of halogens is 1. The van der Waals surface area contributed by atoms with Crippen LogP contribution in [0.1, 0.15) is 37.4 Å². The molecule has 1 aliphatic rings. The van der Waals surface area contributed by atoms with E-state index < -0.39 is 23.5 Å². The van der Waals surface area contributed by atoms with Gasteiger partial charge in [0.2, 0.25) is 5.78 Å². The molecule has 2 aromatic rings. The van der Waals surface area contributed by atoms with Crippen molar-refractivity contribution in [3.05, 3.63) is 70.5 Å². The van der Waals surface area contributed by atoms with Gasteiger partial charge in [-0.2, -0.15) is 0 Å². The first-order chi connectivity index (χ1) is 14.5. The molecule has 7 heteroatoms. The Morgan fingerprint density at radius 1 is 1.10 bits per heavy atom. The number of aromatic nitrogens is 1. The van der Waals surface area contributed by atoms with Crippen molar-refractivity contribution in [3.63, 3.8) is 0 Å². The smallest absolute Gasteiger partial charge is 0.295 e. The van der Waals surface area contributed by atoms with E-state index in [2.05, 4.69) is 18.8 Å². The summed E-state index contributed by atoms with van der Waals surface area (Å²) in [6.07, 6.45) is 3.74. The largest absolute Gasteiger partial charge is 0.872 e. The first-order valence-corrected chi connectivity index (χ1v) is 10.6. The van der Waals surface area contributed by atoms with Crippen LogP contribution < -0.4 is 10.0 Å². The summed E-state index contributed by atoms with van der Waals surface area (Å²) in [6, 6.07) is 9.34. The Morgan fingerprint density at radius 3 is 2.33 bits per heavy atom. The van der Waals surface area contributed by atoms with E-state index in [0.717, 1.165) is 26.1 Å². The zero-order valence-electron chi connectivity index (χ0n) is 17.2. The molecule has 1 aromatic heterocycles. The highest BCUT2D eigenvalue weighted by Crippen LogP contribution is 2.38. The van der Waals surface area contributed by atoms with E-state index in [9.17, 15) is 14.7 Å². The third-order valence-corrected chi connectivity index (χ3v) is 5.84. The van der Waals surface area contributed by atoms with Crippen molar-refractivity contribution in [2.75, 3.05) is 26.2 Å². The number of hydrogen-bond donors (Lipinski definition) is 1. The fourth-order valence-electron chi connectivity index (χ4n) is 3.85. The number of amides is 1. The van der Waals surface area contributed by atoms with Gasteiger partial charge in [0.15, 0.2) is 0 Å². The van der Waals surface area contributed by atoms with Crippen LogP contribution in [0.25, 0.3) is 5.76 Å². The monoisotopic (exact) mass is 427 g/mol. The van der Waals surface area contributed by atoms with Crippen molar-refractivity contribution in [2.24, 2.45) is 0 Å². The first kappa shape index (κ1) is 22.0. The lowest BCUT2D eigenvalue weighted by molar-refractivity contribution is -0.896. The SMILES string of the molecule is CC[NH+](CC)CCCN1C(=O)C(=O)C(=C([O-])c2ccncc2)C1c1ccc(Cl)cc1. The molecule has 1 aliphatic heterocycles. The number of nitrogens with zero attached hydrogens (tertiary/aromatic N) is 2. The van der Waals surface area contributed by atoms with Crippen LogP contribution in [0.4, 0.5) is 0 Å². The van der Waals surface area contributed by atoms with Gasteiger partial charge in [0.25, 0.3) is 5.91 Å². The molecule has 2 heterocycles. The van der Waals surface area contributed by atoms with Crippen molar-refractivity contribution in [3.8, 4) is 0 Å². The van der Waals surface area contributed by atoms with Gasteiger partial charge in [-0.1, -0.05) is 29.5 Å². The van der Waals surface area contributed by atoms with Crippen molar-refractivity contribution in [1.29, 1.82) is 0 Å². The molecule has 1 saturated heterocycles. The van der Waals surface area contributed by atoms with Crippen LogP contribution in [-0.2, 0) is 9.59 Å². The fraction of sp³-hybridized carbons (Fsp3) is 0.348. The zero-order valence-corrected chi connectivity index (χ0v) is 18.0. The number of carbonyl (C=O) groups excluding carboxylic acids is 2. The molecular weight excluding hydrogens is 402 g/mol. The van der Waals surface area contributed by atoms with Gasteiger partial charge in [0.1, 0.15) is 0 Å². The Kier molecular flexibility index (Phi) is 7.24. The van der Waals surface area contributed by atoms with Gasteiger partial charge in [-0.3, -0.25) is 14.6 Å². The molecule has 1 aromatic carbocycles. The van der Waals surface area contributed by atoms with Gasteiger partial charge in [0, 0.05) is 36.0 Å². The molecule has 1 fully saturated rings. The van der Waals surface area contributed by atoms with Crippen LogP contribution in [0.5, 0.6) is 0 Å². The number of benzene rings is 1. The summed E-state index contributed by atoms with van der Waals surface area (Å²) in [6.45, 7) is 7.56. The van der Waals surface area contributed by atoms with E-state index in [0.29, 0.717) is 22.7 Å². The number of rotatable bonds is 8. The van der Waals surface area contributed by atoms with E-state index in [4.69, 9.17) is 11.6 Å². The number of nitrogens with one attached hydrogen (secondary N) is 1. The van der Waals surface area contributed by atoms with Crippen LogP contribution >= 0.6 is 11.6 Å². The van der Waals surface area contributed by atoms with Gasteiger partial charge >= 0.3 is 0 Å². The molecule has 0 radical (unpaired) electrons. The molecule has 1 unspecified atom stereocenters. The number of ketones is 1. The molecule has 0 bridgehead atoms. The lowest BCUT2D eigenvalue weighted by Gasteiger charge is -2.28. The molecule has 0 saturated carbocycles. The van der Waals surface area contributed by atoms with Gasteiger partial charge in [-0.05, 0) is 49.2 Å². The maximum absolute atomic E-state index is 13.2. The van der Waals surface area contributed by atoms with Gasteiger partial charge in [-0.15, -0.1) is 0 Å². The van der Waals surface area contributed by atoms with Crippen LogP contribution in [0.15, 0.2) is 54.4 Å². The molecule has 1 atom stereocenters. The van der Waals surface area contributed by atoms with E-state index in [-0.39, 0.29) is 5.57 Å². The second-order valence-electron chi connectivity index (χ2n) is 7.32. The second kappa shape index (κ2) is 9.87. The minimum absolute atomic E-state index is 0.0105. The molecular formula is C23H26ClN3O3. The normalized spacial score (nSPS) is 18.4. The number of pyridine rings is 1. The number of likely N-dealkylation sites (tertiary alicyclic amines) is 1. The summed E-state index contributed by atoms with van der Waals surface area (Å²) in [5, 5.41) is 13.7. The number of quaternary nitrogens is 1. The highest BCUT2D eigenvalue weighted by Gasteiger charge is 2.43. The Hall–Kier alpha value is -2.70. The maximum atomic E-state index is 13.2. The van der Waals surface area contributed by atoms with Crippen LogP contribution in [0, 0.1) is 0 Å². The van der Waals surface area contributed by atoms with Crippen molar-refractivity contribution < 1.29 is 19.6 Å². The van der Waals surface area contributed by atoms with Gasteiger partial charge < -0.3 is 14.9 Å². The average molecular weight is 428 g/mol. The second-order valence-corrected chi connectivity index (χ2v) is 7.76. The van der Waals surface area contributed by atoms with Crippen molar-refractivity contribution in [1.82, 2.24) is 9.88 Å². The molecule has 3 rings (SSSR count). The Bertz CT molecular complexity index is 924. The van der Waals surface area contributed by atoms with Crippen molar-refractivity contribution >= 4 is 29.1 Å². The van der Waals surface area contributed by atoms with Gasteiger partial charge in [-0.25, -0.2) is 0 Å². The Labute approximate surface area is 181 Å². The van der Waals surface area contributed by atoms with Crippen LogP contribution in [0.2, 0.25) is 5.02 Å². The molecule has 6 nitrogen and oxygen atoms in total. The van der Waals surface area contributed by atoms with Gasteiger partial charge in [0.05, 0.1) is 25.7 Å². The standard InChI is InChI=1S/C23H26ClN3O3/c1-3-26(4-2)14-5-15-27-20(16-6-8-18(24)9-7-16)19(22(29)23(27)30)21(28)17-10-12-25-13-11-17/h6-13,20,28H,3-5,14-15H2,1-2H3. The lowest BCUT2D eigenvalue weighted by atomic mass is 9.95. The summed E-state index contributed by atoms with van der Waals surface area (Å²) in [5.74, 6) is -1.79. The topological polar surface area (TPSA) is 77.8 Å². The molecule has 1 amide bonds. The molecule has 158 valence electrons. The molecule has 1 N–H and O–H groups in total. The predicted molar refractivity (Wildman–Crippen MR) is 114 cm³/mol. The van der Waals surface area contributed by atoms with E-state index in [1.54, 1.807) is 36.4 Å². The van der Waals surface area contributed by atoms with Crippen LogP contribution in [-0.4, -0.2) is 47.8 Å². The number of carbonyl (C=O) groups is 2. The van der Waals surface area contributed by atoms with E-state index >= 15 is 0 Å². The highest BCUT2D eigenvalue weighted by atomic mass is 35.5. The molecule has 0 aliphatic carbocycles. The Morgan fingerprint density at radius 2 is 1.73 bits per heavy atom. The van der Waals surface area contributed by atoms with E-state index in [1.165, 1.54) is 22.2 Å². The fourth-order valence-corrected chi connectivity index (χ4v) is 3.98. The maximum Gasteiger partial charge on any atom is 0.295 e. The molecule has 30 heavy (non-hydrogen) atoms. The quantitative estimate of drug-likeness (QED) is 0.391.